The van der Waals surface area contributed by atoms with Crippen LogP contribution in [0, 0.1) is 0 Å². The maximum atomic E-state index is 12.6. The van der Waals surface area contributed by atoms with E-state index in [2.05, 4.69) is 15.3 Å². The van der Waals surface area contributed by atoms with Crippen LogP contribution in [-0.2, 0) is 18.4 Å². The molecule has 2 aromatic carbocycles. The molecule has 144 valence electrons. The molecule has 5 aromatic rings. The standard InChI is InChI=1S/C21H17N5O2S/c1-25-17-8-4-5-9-18(17)26(21(25)28)11-19(27)24-20-23-16(12-29-20)14-10-22-15-7-3-2-6-13(14)15/h2-10,12,22H,11H2,1H3,(H,23,24,27). The van der Waals surface area contributed by atoms with Crippen molar-refractivity contribution in [1.29, 1.82) is 0 Å². The lowest BCUT2D eigenvalue weighted by molar-refractivity contribution is -0.116. The number of imidazole rings is 1. The fourth-order valence-corrected chi connectivity index (χ4v) is 4.28. The number of hydrogen-bond donors (Lipinski definition) is 2. The van der Waals surface area contributed by atoms with Crippen molar-refractivity contribution in [2.75, 3.05) is 5.32 Å². The van der Waals surface area contributed by atoms with Crippen molar-refractivity contribution >= 4 is 44.3 Å². The Morgan fingerprint density at radius 2 is 1.90 bits per heavy atom. The lowest BCUT2D eigenvalue weighted by Gasteiger charge is -2.03. The predicted octanol–water partition coefficient (Wildman–Crippen LogP) is 3.58. The Morgan fingerprint density at radius 3 is 2.76 bits per heavy atom. The van der Waals surface area contributed by atoms with Crippen molar-refractivity contribution in [3.05, 3.63) is 70.6 Å². The molecule has 8 heteroatoms. The Bertz CT molecular complexity index is 1420. The lowest BCUT2D eigenvalue weighted by atomic mass is 10.1. The van der Waals surface area contributed by atoms with Crippen molar-refractivity contribution in [3.8, 4) is 11.3 Å². The number of aryl methyl sites for hydroxylation is 1. The van der Waals surface area contributed by atoms with Crippen molar-refractivity contribution in [3.63, 3.8) is 0 Å². The van der Waals surface area contributed by atoms with Gasteiger partial charge in [0.05, 0.1) is 16.7 Å². The van der Waals surface area contributed by atoms with Gasteiger partial charge in [-0.2, -0.15) is 0 Å². The Morgan fingerprint density at radius 1 is 1.14 bits per heavy atom. The van der Waals surface area contributed by atoms with E-state index in [0.29, 0.717) is 5.13 Å². The van der Waals surface area contributed by atoms with Gasteiger partial charge in [-0.05, 0) is 18.2 Å². The number of aromatic amines is 1. The number of fused-ring (bicyclic) bond motifs is 2. The Labute approximate surface area is 169 Å². The predicted molar refractivity (Wildman–Crippen MR) is 115 cm³/mol. The molecular formula is C21H17N5O2S. The van der Waals surface area contributed by atoms with E-state index in [9.17, 15) is 9.59 Å². The smallest absolute Gasteiger partial charge is 0.329 e. The first-order chi connectivity index (χ1) is 14.1. The van der Waals surface area contributed by atoms with Crippen LogP contribution in [0.5, 0.6) is 0 Å². The van der Waals surface area contributed by atoms with Gasteiger partial charge in [0.1, 0.15) is 6.54 Å². The van der Waals surface area contributed by atoms with E-state index in [1.54, 1.807) is 11.6 Å². The van der Waals surface area contributed by atoms with Crippen LogP contribution in [0.15, 0.2) is 64.9 Å². The molecule has 3 aromatic heterocycles. The summed E-state index contributed by atoms with van der Waals surface area (Å²) in [6.07, 6.45) is 1.92. The van der Waals surface area contributed by atoms with Gasteiger partial charge in [-0.1, -0.05) is 30.3 Å². The highest BCUT2D eigenvalue weighted by atomic mass is 32.1. The molecule has 1 amide bonds. The summed E-state index contributed by atoms with van der Waals surface area (Å²) in [6, 6.07) is 15.4. The molecule has 0 unspecified atom stereocenters. The summed E-state index contributed by atoms with van der Waals surface area (Å²) in [7, 11) is 1.70. The molecule has 7 nitrogen and oxygen atoms in total. The summed E-state index contributed by atoms with van der Waals surface area (Å²) in [6.45, 7) is -0.0673. The highest BCUT2D eigenvalue weighted by Crippen LogP contribution is 2.30. The van der Waals surface area contributed by atoms with Crippen LogP contribution in [0.3, 0.4) is 0 Å². The number of thiazole rings is 1. The zero-order valence-corrected chi connectivity index (χ0v) is 16.4. The first-order valence-electron chi connectivity index (χ1n) is 9.08. The summed E-state index contributed by atoms with van der Waals surface area (Å²) in [4.78, 5) is 32.8. The molecule has 0 fully saturated rings. The van der Waals surface area contributed by atoms with E-state index < -0.39 is 0 Å². The van der Waals surface area contributed by atoms with Crippen LogP contribution >= 0.6 is 11.3 Å². The quantitative estimate of drug-likeness (QED) is 0.481. The number of rotatable bonds is 4. The minimum atomic E-state index is -0.289. The summed E-state index contributed by atoms with van der Waals surface area (Å²) in [5, 5.41) is 6.31. The summed E-state index contributed by atoms with van der Waals surface area (Å²) >= 11 is 1.36. The lowest BCUT2D eigenvalue weighted by Crippen LogP contribution is -2.28. The van der Waals surface area contributed by atoms with Crippen LogP contribution in [0.4, 0.5) is 5.13 Å². The van der Waals surface area contributed by atoms with Gasteiger partial charge in [-0.3, -0.25) is 13.9 Å². The highest BCUT2D eigenvalue weighted by molar-refractivity contribution is 7.14. The minimum absolute atomic E-state index is 0.0673. The van der Waals surface area contributed by atoms with Crippen molar-refractivity contribution in [1.82, 2.24) is 19.1 Å². The van der Waals surface area contributed by atoms with Gasteiger partial charge in [0.15, 0.2) is 5.13 Å². The molecule has 0 radical (unpaired) electrons. The molecule has 0 bridgehead atoms. The zero-order chi connectivity index (χ0) is 20.0. The fraction of sp³-hybridized carbons (Fsp3) is 0.0952. The van der Waals surface area contributed by atoms with Crippen molar-refractivity contribution < 1.29 is 4.79 Å². The summed E-state index contributed by atoms with van der Waals surface area (Å²) in [5.41, 5.74) is 4.12. The minimum Gasteiger partial charge on any atom is -0.360 e. The van der Waals surface area contributed by atoms with E-state index in [1.807, 2.05) is 60.1 Å². The third kappa shape index (κ3) is 2.94. The maximum absolute atomic E-state index is 12.6. The highest BCUT2D eigenvalue weighted by Gasteiger charge is 2.15. The number of nitrogens with zero attached hydrogens (tertiary/aromatic N) is 3. The first kappa shape index (κ1) is 17.4. The van der Waals surface area contributed by atoms with Gasteiger partial charge in [0.2, 0.25) is 5.91 Å². The second kappa shape index (κ2) is 6.75. The molecule has 0 aliphatic carbocycles. The van der Waals surface area contributed by atoms with Gasteiger partial charge < -0.3 is 10.3 Å². The molecule has 0 saturated heterocycles. The SMILES string of the molecule is Cn1c(=O)n(CC(=O)Nc2nc(-c3c[nH]c4ccccc34)cs2)c2ccccc21. The largest absolute Gasteiger partial charge is 0.360 e. The van der Waals surface area contributed by atoms with Gasteiger partial charge in [0.25, 0.3) is 0 Å². The third-order valence-electron chi connectivity index (χ3n) is 4.97. The molecule has 29 heavy (non-hydrogen) atoms. The number of nitrogens with one attached hydrogen (secondary N) is 2. The molecule has 0 aliphatic rings. The number of para-hydroxylation sites is 3. The van der Waals surface area contributed by atoms with Gasteiger partial charge in [0, 0.05) is 35.1 Å². The molecule has 5 rings (SSSR count). The van der Waals surface area contributed by atoms with E-state index in [4.69, 9.17) is 0 Å². The summed E-state index contributed by atoms with van der Waals surface area (Å²) < 4.78 is 3.01. The normalized spacial score (nSPS) is 11.3. The fourth-order valence-electron chi connectivity index (χ4n) is 3.56. The molecule has 2 N–H and O–H groups in total. The number of H-pyrrole nitrogens is 1. The third-order valence-corrected chi connectivity index (χ3v) is 5.73. The van der Waals surface area contributed by atoms with Crippen LogP contribution in [-0.4, -0.2) is 25.0 Å². The Kier molecular flexibility index (Phi) is 4.06. The number of carbonyl (C=O) groups is 1. The van der Waals surface area contributed by atoms with Crippen LogP contribution in [0.25, 0.3) is 33.2 Å². The van der Waals surface area contributed by atoms with Crippen LogP contribution in [0.1, 0.15) is 0 Å². The average Bonchev–Trinajstić information content (AvgIpc) is 3.42. The number of carbonyl (C=O) groups excluding carboxylic acids is 1. The Balaban J connectivity index is 1.39. The van der Waals surface area contributed by atoms with Crippen LogP contribution < -0.4 is 11.0 Å². The molecular weight excluding hydrogens is 386 g/mol. The maximum Gasteiger partial charge on any atom is 0.329 e. The number of aromatic nitrogens is 4. The number of anilines is 1. The van der Waals surface area contributed by atoms with Gasteiger partial charge >= 0.3 is 5.69 Å². The second-order valence-corrected chi connectivity index (χ2v) is 7.61. The van der Waals surface area contributed by atoms with Crippen molar-refractivity contribution in [2.24, 2.45) is 7.05 Å². The van der Waals surface area contributed by atoms with Crippen molar-refractivity contribution in [2.45, 2.75) is 6.54 Å². The molecule has 3 heterocycles. The number of hydrogen-bond acceptors (Lipinski definition) is 4. The van der Waals surface area contributed by atoms with Gasteiger partial charge in [-0.25, -0.2) is 9.78 Å². The van der Waals surface area contributed by atoms with E-state index in [0.717, 1.165) is 33.2 Å². The van der Waals surface area contributed by atoms with E-state index >= 15 is 0 Å². The van der Waals surface area contributed by atoms with Gasteiger partial charge in [-0.15, -0.1) is 11.3 Å². The number of amides is 1. The second-order valence-electron chi connectivity index (χ2n) is 6.75. The Hall–Kier alpha value is -3.65. The van der Waals surface area contributed by atoms with E-state index in [-0.39, 0.29) is 18.1 Å². The average molecular weight is 403 g/mol. The molecule has 0 atom stereocenters. The molecule has 0 aliphatic heterocycles. The monoisotopic (exact) mass is 403 g/mol. The number of benzene rings is 2. The zero-order valence-electron chi connectivity index (χ0n) is 15.5. The van der Waals surface area contributed by atoms with Crippen LogP contribution in [0.2, 0.25) is 0 Å². The summed E-state index contributed by atoms with van der Waals surface area (Å²) in [5.74, 6) is -0.289. The van der Waals surface area contributed by atoms with E-state index in [1.165, 1.54) is 15.9 Å². The topological polar surface area (TPSA) is 84.7 Å². The molecule has 0 spiro atoms. The first-order valence-corrected chi connectivity index (χ1v) is 9.96. The molecule has 0 saturated carbocycles.